The van der Waals surface area contributed by atoms with Crippen molar-refractivity contribution in [1.82, 2.24) is 4.90 Å². The van der Waals surface area contributed by atoms with Crippen molar-refractivity contribution in [2.24, 2.45) is 0 Å². The van der Waals surface area contributed by atoms with Crippen molar-refractivity contribution in [2.75, 3.05) is 19.6 Å². The molecule has 5 heteroatoms. The zero-order valence-electron chi connectivity index (χ0n) is 11.0. The second-order valence-corrected chi connectivity index (χ2v) is 6.24. The molecular formula is C14H19BrClNO2. The summed E-state index contributed by atoms with van der Waals surface area (Å²) in [6.45, 7) is 4.75. The molecule has 0 aliphatic carbocycles. The second-order valence-electron chi connectivity index (χ2n) is 5.01. The Hall–Kier alpha value is -0.290. The van der Waals surface area contributed by atoms with Gasteiger partial charge in [-0.1, -0.05) is 17.7 Å². The van der Waals surface area contributed by atoms with Crippen molar-refractivity contribution in [3.05, 3.63) is 27.7 Å². The minimum absolute atomic E-state index is 0.101. The predicted molar refractivity (Wildman–Crippen MR) is 80.9 cm³/mol. The minimum Gasteiger partial charge on any atom is -0.489 e. The highest BCUT2D eigenvalue weighted by Crippen LogP contribution is 2.32. The van der Waals surface area contributed by atoms with E-state index in [2.05, 4.69) is 20.8 Å². The Morgan fingerprint density at radius 1 is 1.58 bits per heavy atom. The molecule has 19 heavy (non-hydrogen) atoms. The SMILES string of the molecule is CC(CCN1CC[C@@H](O)C1)Oc1cccc(Br)c1Cl. The second kappa shape index (κ2) is 6.93. The number of likely N-dealkylation sites (tertiary alicyclic amines) is 1. The topological polar surface area (TPSA) is 32.7 Å². The first-order valence-electron chi connectivity index (χ1n) is 6.57. The quantitative estimate of drug-likeness (QED) is 0.886. The highest BCUT2D eigenvalue weighted by molar-refractivity contribution is 9.10. The van der Waals surface area contributed by atoms with E-state index in [1.54, 1.807) is 0 Å². The number of aliphatic hydroxyl groups excluding tert-OH is 1. The fraction of sp³-hybridized carbons (Fsp3) is 0.571. The molecule has 1 aliphatic rings. The molecule has 106 valence electrons. The summed E-state index contributed by atoms with van der Waals surface area (Å²) in [5.74, 6) is 0.713. The molecule has 3 nitrogen and oxygen atoms in total. The molecule has 1 N–H and O–H groups in total. The van der Waals surface area contributed by atoms with Crippen LogP contribution in [0.25, 0.3) is 0 Å². The van der Waals surface area contributed by atoms with Crippen molar-refractivity contribution in [3.8, 4) is 5.75 Å². The molecule has 1 aliphatic heterocycles. The lowest BCUT2D eigenvalue weighted by atomic mass is 10.2. The molecule has 0 amide bonds. The van der Waals surface area contributed by atoms with E-state index >= 15 is 0 Å². The molecule has 1 aromatic rings. The third kappa shape index (κ3) is 4.35. The van der Waals surface area contributed by atoms with Gasteiger partial charge in [0.05, 0.1) is 17.2 Å². The summed E-state index contributed by atoms with van der Waals surface area (Å²) in [5, 5.41) is 10.1. The number of aliphatic hydroxyl groups is 1. The maximum Gasteiger partial charge on any atom is 0.139 e. The average Bonchev–Trinajstić information content (AvgIpc) is 2.78. The largest absolute Gasteiger partial charge is 0.489 e. The molecule has 1 saturated heterocycles. The van der Waals surface area contributed by atoms with Gasteiger partial charge in [0.15, 0.2) is 0 Å². The first kappa shape index (κ1) is 15.1. The van der Waals surface area contributed by atoms with Gasteiger partial charge < -0.3 is 14.7 Å². The van der Waals surface area contributed by atoms with E-state index in [1.165, 1.54) is 0 Å². The number of β-amino-alcohol motifs (C(OH)–C–C–N with tert-alkyl or cyclic N) is 1. The van der Waals surface area contributed by atoms with Crippen LogP contribution in [-0.2, 0) is 0 Å². The number of halogens is 2. The van der Waals surface area contributed by atoms with Gasteiger partial charge in [0.1, 0.15) is 5.75 Å². The highest BCUT2D eigenvalue weighted by Gasteiger charge is 2.20. The monoisotopic (exact) mass is 347 g/mol. The lowest BCUT2D eigenvalue weighted by Crippen LogP contribution is -2.27. The molecule has 2 atom stereocenters. The summed E-state index contributed by atoms with van der Waals surface area (Å²) in [5.41, 5.74) is 0. The molecule has 0 spiro atoms. The summed E-state index contributed by atoms with van der Waals surface area (Å²) < 4.78 is 6.71. The lowest BCUT2D eigenvalue weighted by molar-refractivity contribution is 0.160. The lowest BCUT2D eigenvalue weighted by Gasteiger charge is -2.20. The number of ether oxygens (including phenoxy) is 1. The predicted octanol–water partition coefficient (Wildman–Crippen LogP) is 3.33. The van der Waals surface area contributed by atoms with E-state index in [0.29, 0.717) is 10.8 Å². The maximum atomic E-state index is 9.47. The zero-order valence-corrected chi connectivity index (χ0v) is 13.3. The number of nitrogens with zero attached hydrogens (tertiary/aromatic N) is 1. The fourth-order valence-electron chi connectivity index (χ4n) is 2.23. The Morgan fingerprint density at radius 2 is 2.37 bits per heavy atom. The van der Waals surface area contributed by atoms with Crippen LogP contribution < -0.4 is 4.74 Å². The van der Waals surface area contributed by atoms with E-state index in [9.17, 15) is 5.11 Å². The van der Waals surface area contributed by atoms with Crippen LogP contribution in [0.4, 0.5) is 0 Å². The standard InChI is InChI=1S/C14H19BrClNO2/c1-10(5-7-17-8-6-11(18)9-17)19-13-4-2-3-12(15)14(13)16/h2-4,10-11,18H,5-9H2,1H3/t10?,11-/m1/s1. The van der Waals surface area contributed by atoms with Gasteiger partial charge in [-0.15, -0.1) is 0 Å². The Bertz CT molecular complexity index is 430. The van der Waals surface area contributed by atoms with E-state index in [4.69, 9.17) is 16.3 Å². The number of hydrogen-bond acceptors (Lipinski definition) is 3. The third-order valence-corrected chi connectivity index (χ3v) is 4.62. The summed E-state index contributed by atoms with van der Waals surface area (Å²) >= 11 is 9.56. The van der Waals surface area contributed by atoms with Gasteiger partial charge in [-0.25, -0.2) is 0 Å². The van der Waals surface area contributed by atoms with Gasteiger partial charge in [-0.3, -0.25) is 0 Å². The van der Waals surface area contributed by atoms with Crippen LogP contribution >= 0.6 is 27.5 Å². The van der Waals surface area contributed by atoms with Crippen LogP contribution in [0.15, 0.2) is 22.7 Å². The summed E-state index contributed by atoms with van der Waals surface area (Å²) in [4.78, 5) is 2.27. The Kier molecular flexibility index (Phi) is 5.51. The molecular weight excluding hydrogens is 330 g/mol. The van der Waals surface area contributed by atoms with Gasteiger partial charge >= 0.3 is 0 Å². The first-order chi connectivity index (χ1) is 9.06. The molecule has 0 aromatic heterocycles. The van der Waals surface area contributed by atoms with Crippen LogP contribution in [0.1, 0.15) is 19.8 Å². The molecule has 1 fully saturated rings. The maximum absolute atomic E-state index is 9.47. The normalized spacial score (nSPS) is 21.6. The first-order valence-corrected chi connectivity index (χ1v) is 7.74. The fourth-order valence-corrected chi connectivity index (χ4v) is 2.75. The molecule has 0 bridgehead atoms. The van der Waals surface area contributed by atoms with Crippen LogP contribution in [0.5, 0.6) is 5.75 Å². The van der Waals surface area contributed by atoms with Gasteiger partial charge in [0.25, 0.3) is 0 Å². The van der Waals surface area contributed by atoms with E-state index in [-0.39, 0.29) is 12.2 Å². The van der Waals surface area contributed by atoms with Crippen molar-refractivity contribution in [2.45, 2.75) is 32.0 Å². The summed E-state index contributed by atoms with van der Waals surface area (Å²) in [6, 6.07) is 5.68. The van der Waals surface area contributed by atoms with Gasteiger partial charge in [0, 0.05) is 24.1 Å². The van der Waals surface area contributed by atoms with Gasteiger partial charge in [-0.05, 0) is 47.8 Å². The average molecular weight is 349 g/mol. The van der Waals surface area contributed by atoms with Crippen molar-refractivity contribution in [1.29, 1.82) is 0 Å². The van der Waals surface area contributed by atoms with Crippen LogP contribution in [0, 0.1) is 0 Å². The Balaban J connectivity index is 1.81. The smallest absolute Gasteiger partial charge is 0.139 e. The summed E-state index contributed by atoms with van der Waals surface area (Å²) in [7, 11) is 0. The zero-order chi connectivity index (χ0) is 13.8. The Labute approximate surface area is 127 Å². The van der Waals surface area contributed by atoms with Crippen LogP contribution in [-0.4, -0.2) is 41.8 Å². The number of rotatable bonds is 5. The Morgan fingerprint density at radius 3 is 3.05 bits per heavy atom. The van der Waals surface area contributed by atoms with Crippen LogP contribution in [0.3, 0.4) is 0 Å². The van der Waals surface area contributed by atoms with Gasteiger partial charge in [-0.2, -0.15) is 0 Å². The molecule has 0 radical (unpaired) electrons. The van der Waals surface area contributed by atoms with Crippen molar-refractivity contribution >= 4 is 27.5 Å². The molecule has 1 heterocycles. The summed E-state index contributed by atoms with van der Waals surface area (Å²) in [6.07, 6.45) is 1.75. The van der Waals surface area contributed by atoms with Gasteiger partial charge in [0.2, 0.25) is 0 Å². The number of benzene rings is 1. The molecule has 1 aromatic carbocycles. The van der Waals surface area contributed by atoms with E-state index in [1.807, 2.05) is 25.1 Å². The molecule has 1 unspecified atom stereocenters. The highest BCUT2D eigenvalue weighted by atomic mass is 79.9. The van der Waals surface area contributed by atoms with Crippen LogP contribution in [0.2, 0.25) is 5.02 Å². The number of hydrogen-bond donors (Lipinski definition) is 1. The third-order valence-electron chi connectivity index (χ3n) is 3.34. The van der Waals surface area contributed by atoms with Crippen molar-refractivity contribution < 1.29 is 9.84 Å². The minimum atomic E-state index is -0.157. The molecule has 0 saturated carbocycles. The molecule has 2 rings (SSSR count). The van der Waals surface area contributed by atoms with Crippen molar-refractivity contribution in [3.63, 3.8) is 0 Å². The van der Waals surface area contributed by atoms with E-state index < -0.39 is 0 Å². The van der Waals surface area contributed by atoms with E-state index in [0.717, 1.165) is 36.9 Å².